The third-order valence-electron chi connectivity index (χ3n) is 2.49. The summed E-state index contributed by atoms with van der Waals surface area (Å²) in [5, 5.41) is 12.8. The van der Waals surface area contributed by atoms with Gasteiger partial charge in [0.05, 0.1) is 6.20 Å². The first-order valence-electron chi connectivity index (χ1n) is 4.91. The highest BCUT2D eigenvalue weighted by atomic mass is 16.3. The van der Waals surface area contributed by atoms with Crippen LogP contribution in [0, 0.1) is 0 Å². The maximum atomic E-state index is 9.54. The number of pyridine rings is 1. The van der Waals surface area contributed by atoms with E-state index in [0.717, 1.165) is 38.3 Å². The van der Waals surface area contributed by atoms with Gasteiger partial charge in [0.2, 0.25) is 0 Å². The number of hydrogen-bond acceptors (Lipinski definition) is 4. The first-order chi connectivity index (χ1) is 6.86. The monoisotopic (exact) mass is 193 g/mol. The number of rotatable bonds is 2. The van der Waals surface area contributed by atoms with E-state index in [2.05, 4.69) is 15.2 Å². The fourth-order valence-electron chi connectivity index (χ4n) is 1.66. The lowest BCUT2D eigenvalue weighted by Gasteiger charge is -2.27. The van der Waals surface area contributed by atoms with Crippen molar-refractivity contribution in [3.63, 3.8) is 0 Å². The molecule has 1 aromatic rings. The topological polar surface area (TPSA) is 48.4 Å². The molecule has 0 radical (unpaired) electrons. The van der Waals surface area contributed by atoms with Crippen molar-refractivity contribution in [2.24, 2.45) is 0 Å². The van der Waals surface area contributed by atoms with Crippen molar-refractivity contribution in [2.45, 2.75) is 6.54 Å². The van der Waals surface area contributed by atoms with Gasteiger partial charge >= 0.3 is 0 Å². The van der Waals surface area contributed by atoms with Crippen LogP contribution in [0.5, 0.6) is 5.75 Å². The van der Waals surface area contributed by atoms with E-state index < -0.39 is 0 Å². The lowest BCUT2D eigenvalue weighted by Crippen LogP contribution is -2.42. The van der Waals surface area contributed by atoms with Crippen LogP contribution >= 0.6 is 0 Å². The molecule has 2 heterocycles. The molecule has 0 unspecified atom stereocenters. The molecule has 14 heavy (non-hydrogen) atoms. The molecule has 0 aliphatic carbocycles. The van der Waals surface area contributed by atoms with E-state index >= 15 is 0 Å². The first kappa shape index (κ1) is 9.43. The van der Waals surface area contributed by atoms with Gasteiger partial charge in [-0.05, 0) is 6.07 Å². The summed E-state index contributed by atoms with van der Waals surface area (Å²) < 4.78 is 0. The molecule has 0 saturated carbocycles. The molecule has 4 heteroatoms. The van der Waals surface area contributed by atoms with Gasteiger partial charge in [0.1, 0.15) is 5.75 Å². The van der Waals surface area contributed by atoms with Crippen molar-refractivity contribution in [1.82, 2.24) is 15.2 Å². The van der Waals surface area contributed by atoms with Crippen LogP contribution in [-0.2, 0) is 6.54 Å². The summed E-state index contributed by atoms with van der Waals surface area (Å²) in [6, 6.07) is 1.87. The molecule has 2 rings (SSSR count). The highest BCUT2D eigenvalue weighted by Gasteiger charge is 2.11. The average Bonchev–Trinajstić information content (AvgIpc) is 2.23. The van der Waals surface area contributed by atoms with E-state index in [-0.39, 0.29) is 0 Å². The summed E-state index contributed by atoms with van der Waals surface area (Å²) in [5.41, 5.74) is 0.960. The smallest absolute Gasteiger partial charge is 0.138 e. The van der Waals surface area contributed by atoms with Crippen molar-refractivity contribution >= 4 is 0 Å². The standard InChI is InChI=1S/C10H15N3O/c14-10-7-12-2-1-9(10)8-13-5-3-11-4-6-13/h1-2,7,11,14H,3-6,8H2. The summed E-state index contributed by atoms with van der Waals surface area (Å²) in [5.74, 6) is 0.297. The van der Waals surface area contributed by atoms with Crippen molar-refractivity contribution in [1.29, 1.82) is 0 Å². The summed E-state index contributed by atoms with van der Waals surface area (Å²) in [7, 11) is 0. The maximum absolute atomic E-state index is 9.54. The van der Waals surface area contributed by atoms with Gasteiger partial charge in [-0.1, -0.05) is 0 Å². The van der Waals surface area contributed by atoms with Crippen molar-refractivity contribution in [2.75, 3.05) is 26.2 Å². The fourth-order valence-corrected chi connectivity index (χ4v) is 1.66. The Balaban J connectivity index is 1.99. The molecule has 2 N–H and O–H groups in total. The van der Waals surface area contributed by atoms with Gasteiger partial charge in [0.25, 0.3) is 0 Å². The van der Waals surface area contributed by atoms with Gasteiger partial charge in [0.15, 0.2) is 0 Å². The van der Waals surface area contributed by atoms with E-state index in [1.807, 2.05) is 6.07 Å². The van der Waals surface area contributed by atoms with Crippen molar-refractivity contribution < 1.29 is 5.11 Å². The van der Waals surface area contributed by atoms with Crippen LogP contribution in [-0.4, -0.2) is 41.2 Å². The third-order valence-corrected chi connectivity index (χ3v) is 2.49. The number of aromatic nitrogens is 1. The zero-order valence-electron chi connectivity index (χ0n) is 8.11. The van der Waals surface area contributed by atoms with Crippen molar-refractivity contribution in [3.8, 4) is 5.75 Å². The second-order valence-electron chi connectivity index (χ2n) is 3.53. The first-order valence-corrected chi connectivity index (χ1v) is 4.91. The fraction of sp³-hybridized carbons (Fsp3) is 0.500. The summed E-state index contributed by atoms with van der Waals surface area (Å²) in [6.07, 6.45) is 3.22. The lowest BCUT2D eigenvalue weighted by atomic mass is 10.2. The van der Waals surface area contributed by atoms with Crippen LogP contribution in [0.15, 0.2) is 18.5 Å². The predicted molar refractivity (Wildman–Crippen MR) is 54.0 cm³/mol. The lowest BCUT2D eigenvalue weighted by molar-refractivity contribution is 0.230. The molecule has 1 saturated heterocycles. The Morgan fingerprint density at radius 1 is 1.43 bits per heavy atom. The van der Waals surface area contributed by atoms with Crippen LogP contribution in [0.25, 0.3) is 0 Å². The molecule has 1 aliphatic heterocycles. The minimum atomic E-state index is 0.297. The van der Waals surface area contributed by atoms with Crippen LogP contribution in [0.3, 0.4) is 0 Å². The number of piperazine rings is 1. The molecule has 0 spiro atoms. The average molecular weight is 193 g/mol. The minimum absolute atomic E-state index is 0.297. The SMILES string of the molecule is Oc1cnccc1CN1CCNCC1. The second kappa shape index (κ2) is 4.39. The predicted octanol–water partition coefficient (Wildman–Crippen LogP) is 0.192. The van der Waals surface area contributed by atoms with E-state index in [4.69, 9.17) is 0 Å². The van der Waals surface area contributed by atoms with Gasteiger partial charge in [0, 0.05) is 44.5 Å². The summed E-state index contributed by atoms with van der Waals surface area (Å²) >= 11 is 0. The molecule has 1 fully saturated rings. The molecule has 1 aliphatic rings. The highest BCUT2D eigenvalue weighted by molar-refractivity contribution is 5.27. The van der Waals surface area contributed by atoms with Gasteiger partial charge in [-0.2, -0.15) is 0 Å². The molecule has 0 bridgehead atoms. The van der Waals surface area contributed by atoms with Crippen LogP contribution < -0.4 is 5.32 Å². The van der Waals surface area contributed by atoms with Crippen LogP contribution in [0.4, 0.5) is 0 Å². The van der Waals surface area contributed by atoms with Gasteiger partial charge in [-0.3, -0.25) is 9.88 Å². The van der Waals surface area contributed by atoms with E-state index in [1.165, 1.54) is 6.20 Å². The normalized spacial score (nSPS) is 18.3. The Labute approximate surface area is 83.6 Å². The second-order valence-corrected chi connectivity index (χ2v) is 3.53. The molecule has 0 aromatic carbocycles. The van der Waals surface area contributed by atoms with E-state index in [0.29, 0.717) is 5.75 Å². The van der Waals surface area contributed by atoms with Crippen LogP contribution in [0.2, 0.25) is 0 Å². The largest absolute Gasteiger partial charge is 0.506 e. The third kappa shape index (κ3) is 2.21. The Morgan fingerprint density at radius 3 is 2.93 bits per heavy atom. The molecule has 0 atom stereocenters. The molecule has 76 valence electrons. The number of aromatic hydroxyl groups is 1. The summed E-state index contributed by atoms with van der Waals surface area (Å²) in [4.78, 5) is 6.18. The van der Waals surface area contributed by atoms with Gasteiger partial charge in [-0.25, -0.2) is 0 Å². The Bertz CT molecular complexity index is 297. The molecule has 1 aromatic heterocycles. The molecule has 4 nitrogen and oxygen atoms in total. The van der Waals surface area contributed by atoms with Crippen LogP contribution in [0.1, 0.15) is 5.56 Å². The minimum Gasteiger partial charge on any atom is -0.506 e. The molecular weight excluding hydrogens is 178 g/mol. The Morgan fingerprint density at radius 2 is 2.21 bits per heavy atom. The zero-order chi connectivity index (χ0) is 9.80. The quantitative estimate of drug-likeness (QED) is 0.704. The summed E-state index contributed by atoms with van der Waals surface area (Å²) in [6.45, 7) is 4.97. The highest BCUT2D eigenvalue weighted by Crippen LogP contribution is 2.16. The van der Waals surface area contributed by atoms with Crippen molar-refractivity contribution in [3.05, 3.63) is 24.0 Å². The molecular formula is C10H15N3O. The van der Waals surface area contributed by atoms with Gasteiger partial charge in [-0.15, -0.1) is 0 Å². The Kier molecular flexibility index (Phi) is 2.96. The maximum Gasteiger partial charge on any atom is 0.138 e. The Hall–Kier alpha value is -1.13. The number of nitrogens with zero attached hydrogens (tertiary/aromatic N) is 2. The van der Waals surface area contributed by atoms with E-state index in [1.54, 1.807) is 6.20 Å². The zero-order valence-corrected chi connectivity index (χ0v) is 8.11. The van der Waals surface area contributed by atoms with E-state index in [9.17, 15) is 5.11 Å². The van der Waals surface area contributed by atoms with Gasteiger partial charge < -0.3 is 10.4 Å². The number of hydrogen-bond donors (Lipinski definition) is 2. The molecule has 0 amide bonds. The number of nitrogens with one attached hydrogen (secondary N) is 1.